The molecule has 5 heteroatoms. The second kappa shape index (κ2) is 4.59. The van der Waals surface area contributed by atoms with E-state index in [1.54, 1.807) is 19.2 Å². The van der Waals surface area contributed by atoms with Crippen LogP contribution in [0.3, 0.4) is 0 Å². The van der Waals surface area contributed by atoms with Crippen molar-refractivity contribution in [3.8, 4) is 17.0 Å². The third-order valence-electron chi connectivity index (χ3n) is 2.41. The Morgan fingerprint density at radius 2 is 2.00 bits per heavy atom. The first kappa shape index (κ1) is 11.7. The van der Waals surface area contributed by atoms with Crippen molar-refractivity contribution in [3.05, 3.63) is 35.1 Å². The molecule has 0 radical (unpaired) electrons. The third-order valence-corrected chi connectivity index (χ3v) is 2.63. The largest absolute Gasteiger partial charge is 0.496 e. The van der Waals surface area contributed by atoms with Gasteiger partial charge in [-0.3, -0.25) is 0 Å². The normalized spacial score (nSPS) is 10.3. The number of nitrogens with two attached hydrogens (primary N) is 1. The maximum Gasteiger partial charge on any atom is 0.131 e. The fourth-order valence-electron chi connectivity index (χ4n) is 1.71. The van der Waals surface area contributed by atoms with E-state index in [1.807, 2.05) is 13.0 Å². The maximum absolute atomic E-state index is 6.04. The molecule has 0 saturated heterocycles. The van der Waals surface area contributed by atoms with Crippen molar-refractivity contribution in [2.75, 3.05) is 12.8 Å². The van der Waals surface area contributed by atoms with Crippen LogP contribution in [0.4, 0.5) is 5.82 Å². The van der Waals surface area contributed by atoms with Gasteiger partial charge in [-0.2, -0.15) is 0 Å². The number of aromatic nitrogens is 2. The molecular weight excluding hydrogens is 238 g/mol. The highest BCUT2D eigenvalue weighted by atomic mass is 35.5. The van der Waals surface area contributed by atoms with E-state index in [2.05, 4.69) is 9.97 Å². The van der Waals surface area contributed by atoms with Gasteiger partial charge in [0, 0.05) is 16.7 Å². The monoisotopic (exact) mass is 249 g/mol. The summed E-state index contributed by atoms with van der Waals surface area (Å²) < 4.78 is 5.37. The quantitative estimate of drug-likeness (QED) is 0.889. The molecule has 1 aromatic heterocycles. The molecule has 17 heavy (non-hydrogen) atoms. The predicted molar refractivity (Wildman–Crippen MR) is 68.2 cm³/mol. The lowest BCUT2D eigenvalue weighted by atomic mass is 10.1. The maximum atomic E-state index is 6.04. The molecule has 88 valence electrons. The number of rotatable bonds is 2. The first-order chi connectivity index (χ1) is 8.11. The molecule has 2 rings (SSSR count). The van der Waals surface area contributed by atoms with Crippen molar-refractivity contribution in [3.63, 3.8) is 0 Å². The van der Waals surface area contributed by atoms with Gasteiger partial charge in [-0.15, -0.1) is 0 Å². The van der Waals surface area contributed by atoms with Crippen molar-refractivity contribution < 1.29 is 4.74 Å². The minimum atomic E-state index is 0.412. The van der Waals surface area contributed by atoms with Gasteiger partial charge in [-0.1, -0.05) is 11.6 Å². The molecule has 4 nitrogen and oxygen atoms in total. The highest BCUT2D eigenvalue weighted by Crippen LogP contribution is 2.34. The number of aryl methyl sites for hydroxylation is 1. The second-order valence-electron chi connectivity index (χ2n) is 3.63. The van der Waals surface area contributed by atoms with E-state index < -0.39 is 0 Å². The standard InChI is InChI=1S/C12H12ClN3O/c1-7-3-8(13)4-9(12(7)17-2)10-5-11(14)16-6-15-10/h3-6H,1-2H3,(H2,14,15,16). The molecule has 1 aromatic carbocycles. The fraction of sp³-hybridized carbons (Fsp3) is 0.167. The van der Waals surface area contributed by atoms with E-state index in [-0.39, 0.29) is 0 Å². The Morgan fingerprint density at radius 1 is 1.24 bits per heavy atom. The van der Waals surface area contributed by atoms with Gasteiger partial charge in [0.1, 0.15) is 17.9 Å². The van der Waals surface area contributed by atoms with Crippen LogP contribution in [0.2, 0.25) is 5.02 Å². The lowest BCUT2D eigenvalue weighted by molar-refractivity contribution is 0.413. The highest BCUT2D eigenvalue weighted by molar-refractivity contribution is 6.31. The predicted octanol–water partition coefficient (Wildman–Crippen LogP) is 2.70. The molecule has 0 bridgehead atoms. The van der Waals surface area contributed by atoms with E-state index in [4.69, 9.17) is 22.1 Å². The lowest BCUT2D eigenvalue weighted by Gasteiger charge is -2.11. The number of nitrogens with zero attached hydrogens (tertiary/aromatic N) is 2. The molecule has 2 N–H and O–H groups in total. The summed E-state index contributed by atoms with van der Waals surface area (Å²) in [4.78, 5) is 8.03. The number of benzene rings is 1. The smallest absolute Gasteiger partial charge is 0.131 e. The Morgan fingerprint density at radius 3 is 2.65 bits per heavy atom. The average Bonchev–Trinajstić information content (AvgIpc) is 2.28. The number of ether oxygens (including phenoxy) is 1. The van der Waals surface area contributed by atoms with Gasteiger partial charge in [0.25, 0.3) is 0 Å². The molecule has 0 unspecified atom stereocenters. The third kappa shape index (κ3) is 2.31. The lowest BCUT2D eigenvalue weighted by Crippen LogP contribution is -1.96. The van der Waals surface area contributed by atoms with Gasteiger partial charge in [-0.25, -0.2) is 9.97 Å². The molecule has 0 spiro atoms. The summed E-state index contributed by atoms with van der Waals surface area (Å²) in [5, 5.41) is 0.635. The number of hydrogen-bond acceptors (Lipinski definition) is 4. The summed E-state index contributed by atoms with van der Waals surface area (Å²) in [5.41, 5.74) is 8.10. The summed E-state index contributed by atoms with van der Waals surface area (Å²) in [6.45, 7) is 1.93. The van der Waals surface area contributed by atoms with Crippen molar-refractivity contribution in [2.45, 2.75) is 6.92 Å². The number of halogens is 1. The van der Waals surface area contributed by atoms with Crippen molar-refractivity contribution >= 4 is 17.4 Å². The summed E-state index contributed by atoms with van der Waals surface area (Å²) in [5.74, 6) is 1.15. The molecule has 0 aliphatic heterocycles. The van der Waals surface area contributed by atoms with Crippen molar-refractivity contribution in [2.24, 2.45) is 0 Å². The van der Waals surface area contributed by atoms with Crippen LogP contribution in [0.25, 0.3) is 11.3 Å². The Balaban J connectivity index is 2.65. The van der Waals surface area contributed by atoms with Crippen LogP contribution in [0.15, 0.2) is 24.5 Å². The van der Waals surface area contributed by atoms with Crippen LogP contribution < -0.4 is 10.5 Å². The zero-order chi connectivity index (χ0) is 12.4. The molecular formula is C12H12ClN3O. The molecule has 0 amide bonds. The molecule has 0 saturated carbocycles. The molecule has 0 fully saturated rings. The number of nitrogen functional groups attached to an aromatic ring is 1. The van der Waals surface area contributed by atoms with E-state index in [0.717, 1.165) is 16.9 Å². The van der Waals surface area contributed by atoms with Crippen LogP contribution in [0.5, 0.6) is 5.75 Å². The zero-order valence-electron chi connectivity index (χ0n) is 9.57. The van der Waals surface area contributed by atoms with Crippen LogP contribution in [-0.2, 0) is 0 Å². The van der Waals surface area contributed by atoms with Gasteiger partial charge >= 0.3 is 0 Å². The molecule has 2 aromatic rings. The van der Waals surface area contributed by atoms with Crippen LogP contribution in [0, 0.1) is 6.92 Å². The molecule has 0 aliphatic rings. The minimum absolute atomic E-state index is 0.412. The first-order valence-electron chi connectivity index (χ1n) is 5.04. The van der Waals surface area contributed by atoms with Gasteiger partial charge in [0.15, 0.2) is 0 Å². The number of hydrogen-bond donors (Lipinski definition) is 1. The van der Waals surface area contributed by atoms with E-state index in [0.29, 0.717) is 16.5 Å². The number of methoxy groups -OCH3 is 1. The van der Waals surface area contributed by atoms with Crippen LogP contribution in [0.1, 0.15) is 5.56 Å². The molecule has 1 heterocycles. The van der Waals surface area contributed by atoms with Crippen LogP contribution in [-0.4, -0.2) is 17.1 Å². The minimum Gasteiger partial charge on any atom is -0.496 e. The van der Waals surface area contributed by atoms with E-state index >= 15 is 0 Å². The summed E-state index contributed by atoms with van der Waals surface area (Å²) in [7, 11) is 1.62. The van der Waals surface area contributed by atoms with Gasteiger partial charge in [-0.05, 0) is 24.6 Å². The first-order valence-corrected chi connectivity index (χ1v) is 5.41. The molecule has 0 atom stereocenters. The van der Waals surface area contributed by atoms with E-state index in [9.17, 15) is 0 Å². The Bertz CT molecular complexity index is 557. The van der Waals surface area contributed by atoms with Crippen molar-refractivity contribution in [1.29, 1.82) is 0 Å². The number of anilines is 1. The topological polar surface area (TPSA) is 61.0 Å². The van der Waals surface area contributed by atoms with E-state index in [1.165, 1.54) is 6.33 Å². The zero-order valence-corrected chi connectivity index (χ0v) is 10.3. The summed E-state index contributed by atoms with van der Waals surface area (Å²) >= 11 is 6.04. The SMILES string of the molecule is COc1c(C)cc(Cl)cc1-c1cc(N)ncn1. The van der Waals surface area contributed by atoms with Crippen molar-refractivity contribution in [1.82, 2.24) is 9.97 Å². The molecule has 0 aliphatic carbocycles. The summed E-state index contributed by atoms with van der Waals surface area (Å²) in [6.07, 6.45) is 1.42. The average molecular weight is 250 g/mol. The Labute approximate surface area is 104 Å². The summed E-state index contributed by atoms with van der Waals surface area (Å²) in [6, 6.07) is 5.33. The highest BCUT2D eigenvalue weighted by Gasteiger charge is 2.11. The second-order valence-corrected chi connectivity index (χ2v) is 4.07. The van der Waals surface area contributed by atoms with Gasteiger partial charge < -0.3 is 10.5 Å². The fourth-order valence-corrected chi connectivity index (χ4v) is 1.98. The Hall–Kier alpha value is -1.81. The van der Waals surface area contributed by atoms with Gasteiger partial charge in [0.05, 0.1) is 12.8 Å². The van der Waals surface area contributed by atoms with Gasteiger partial charge in [0.2, 0.25) is 0 Å². The van der Waals surface area contributed by atoms with Crippen LogP contribution >= 0.6 is 11.6 Å². The Kier molecular flexibility index (Phi) is 3.15.